The molecule has 0 bridgehead atoms. The van der Waals surface area contributed by atoms with Gasteiger partial charge in [0.1, 0.15) is 0 Å². The molecule has 78 valence electrons. The molecule has 0 saturated carbocycles. The predicted molar refractivity (Wildman–Crippen MR) is 65.8 cm³/mol. The molecule has 0 aromatic heterocycles. The molecule has 2 N–H and O–H groups in total. The Labute approximate surface area is 94.2 Å². The van der Waals surface area contributed by atoms with E-state index in [2.05, 4.69) is 52.5 Å². The monoisotopic (exact) mass is 256 g/mol. The zero-order valence-electron chi connectivity index (χ0n) is 8.68. The van der Waals surface area contributed by atoms with E-state index in [1.807, 2.05) is 12.1 Å². The SMILES string of the molecule is CC(C)NCCNc1cccc(Br)c1. The van der Waals surface area contributed by atoms with E-state index in [1.165, 1.54) is 0 Å². The van der Waals surface area contributed by atoms with Gasteiger partial charge in [0.25, 0.3) is 0 Å². The third-order valence-corrected chi connectivity index (χ3v) is 2.32. The van der Waals surface area contributed by atoms with Crippen LogP contribution in [0.1, 0.15) is 13.8 Å². The summed E-state index contributed by atoms with van der Waals surface area (Å²) in [6, 6.07) is 8.76. The Morgan fingerprint density at radius 1 is 1.29 bits per heavy atom. The van der Waals surface area contributed by atoms with Crippen molar-refractivity contribution in [3.05, 3.63) is 28.7 Å². The first-order valence-electron chi connectivity index (χ1n) is 4.91. The molecule has 0 amide bonds. The van der Waals surface area contributed by atoms with Crippen molar-refractivity contribution in [2.45, 2.75) is 19.9 Å². The summed E-state index contributed by atoms with van der Waals surface area (Å²) in [7, 11) is 0. The number of halogens is 1. The highest BCUT2D eigenvalue weighted by molar-refractivity contribution is 9.10. The van der Waals surface area contributed by atoms with Crippen molar-refractivity contribution in [3.8, 4) is 0 Å². The zero-order chi connectivity index (χ0) is 10.4. The van der Waals surface area contributed by atoms with E-state index in [4.69, 9.17) is 0 Å². The number of hydrogen-bond donors (Lipinski definition) is 2. The standard InChI is InChI=1S/C11H17BrN2/c1-9(2)13-6-7-14-11-5-3-4-10(12)8-11/h3-5,8-9,13-14H,6-7H2,1-2H3. The highest BCUT2D eigenvalue weighted by Gasteiger charge is 1.93. The van der Waals surface area contributed by atoms with Crippen LogP contribution >= 0.6 is 15.9 Å². The zero-order valence-corrected chi connectivity index (χ0v) is 10.3. The van der Waals surface area contributed by atoms with Crippen LogP contribution in [0, 0.1) is 0 Å². The molecule has 1 rings (SSSR count). The summed E-state index contributed by atoms with van der Waals surface area (Å²) in [6.45, 7) is 6.25. The van der Waals surface area contributed by atoms with Crippen molar-refractivity contribution in [3.63, 3.8) is 0 Å². The third kappa shape index (κ3) is 4.63. The molecule has 0 aliphatic carbocycles. The van der Waals surface area contributed by atoms with Gasteiger partial charge in [0, 0.05) is 29.3 Å². The average molecular weight is 257 g/mol. The Balaban J connectivity index is 2.25. The maximum Gasteiger partial charge on any atom is 0.0351 e. The van der Waals surface area contributed by atoms with E-state index in [-0.39, 0.29) is 0 Å². The molecule has 1 aromatic rings. The van der Waals surface area contributed by atoms with Crippen LogP contribution in [0.15, 0.2) is 28.7 Å². The summed E-state index contributed by atoms with van der Waals surface area (Å²) in [5.74, 6) is 0. The van der Waals surface area contributed by atoms with Gasteiger partial charge in [-0.05, 0) is 18.2 Å². The van der Waals surface area contributed by atoms with Gasteiger partial charge >= 0.3 is 0 Å². The lowest BCUT2D eigenvalue weighted by molar-refractivity contribution is 0.602. The maximum atomic E-state index is 3.44. The Morgan fingerprint density at radius 3 is 2.71 bits per heavy atom. The van der Waals surface area contributed by atoms with Gasteiger partial charge in [-0.25, -0.2) is 0 Å². The van der Waals surface area contributed by atoms with Crippen LogP contribution in [0.5, 0.6) is 0 Å². The Bertz CT molecular complexity index is 274. The van der Waals surface area contributed by atoms with Gasteiger partial charge in [-0.1, -0.05) is 35.8 Å². The first kappa shape index (κ1) is 11.5. The minimum atomic E-state index is 0.555. The molecule has 0 radical (unpaired) electrons. The van der Waals surface area contributed by atoms with E-state index in [9.17, 15) is 0 Å². The fourth-order valence-corrected chi connectivity index (χ4v) is 1.57. The summed E-state index contributed by atoms with van der Waals surface area (Å²) in [4.78, 5) is 0. The lowest BCUT2D eigenvalue weighted by Gasteiger charge is -2.10. The molecule has 3 heteroatoms. The number of nitrogens with one attached hydrogen (secondary N) is 2. The average Bonchev–Trinajstić information content (AvgIpc) is 2.12. The fraction of sp³-hybridized carbons (Fsp3) is 0.455. The quantitative estimate of drug-likeness (QED) is 0.792. The largest absolute Gasteiger partial charge is 0.384 e. The van der Waals surface area contributed by atoms with Gasteiger partial charge in [-0.3, -0.25) is 0 Å². The van der Waals surface area contributed by atoms with Crippen molar-refractivity contribution in [1.29, 1.82) is 0 Å². The number of benzene rings is 1. The topological polar surface area (TPSA) is 24.1 Å². The van der Waals surface area contributed by atoms with Crippen LogP contribution in [0.2, 0.25) is 0 Å². The van der Waals surface area contributed by atoms with E-state index in [1.54, 1.807) is 0 Å². The molecule has 1 aromatic carbocycles. The highest BCUT2D eigenvalue weighted by atomic mass is 79.9. The smallest absolute Gasteiger partial charge is 0.0351 e. The highest BCUT2D eigenvalue weighted by Crippen LogP contribution is 2.14. The van der Waals surface area contributed by atoms with Gasteiger partial charge in [0.2, 0.25) is 0 Å². The van der Waals surface area contributed by atoms with E-state index >= 15 is 0 Å². The summed E-state index contributed by atoms with van der Waals surface area (Å²) in [5.41, 5.74) is 1.16. The summed E-state index contributed by atoms with van der Waals surface area (Å²) in [6.07, 6.45) is 0. The molecular weight excluding hydrogens is 240 g/mol. The van der Waals surface area contributed by atoms with E-state index in [0.29, 0.717) is 6.04 Å². The number of rotatable bonds is 5. The van der Waals surface area contributed by atoms with Crippen LogP contribution in [0.4, 0.5) is 5.69 Å². The van der Waals surface area contributed by atoms with Crippen LogP contribution in [-0.2, 0) is 0 Å². The fourth-order valence-electron chi connectivity index (χ4n) is 1.17. The first-order valence-corrected chi connectivity index (χ1v) is 5.70. The number of hydrogen-bond acceptors (Lipinski definition) is 2. The molecule has 0 saturated heterocycles. The molecular formula is C11H17BrN2. The summed E-state index contributed by atoms with van der Waals surface area (Å²) < 4.78 is 1.11. The Morgan fingerprint density at radius 2 is 2.07 bits per heavy atom. The molecule has 0 fully saturated rings. The molecule has 14 heavy (non-hydrogen) atoms. The van der Waals surface area contributed by atoms with Crippen molar-refractivity contribution in [2.24, 2.45) is 0 Å². The van der Waals surface area contributed by atoms with Crippen molar-refractivity contribution in [1.82, 2.24) is 5.32 Å². The molecule has 2 nitrogen and oxygen atoms in total. The molecule has 0 heterocycles. The number of anilines is 1. The second-order valence-electron chi connectivity index (χ2n) is 3.55. The van der Waals surface area contributed by atoms with Crippen LogP contribution in [0.3, 0.4) is 0 Å². The van der Waals surface area contributed by atoms with Gasteiger partial charge in [0.15, 0.2) is 0 Å². The molecule has 0 aliphatic rings. The molecule has 0 spiro atoms. The Hall–Kier alpha value is -0.540. The van der Waals surface area contributed by atoms with Crippen molar-refractivity contribution in [2.75, 3.05) is 18.4 Å². The normalized spacial score (nSPS) is 10.6. The minimum Gasteiger partial charge on any atom is -0.384 e. The lowest BCUT2D eigenvalue weighted by atomic mass is 10.3. The van der Waals surface area contributed by atoms with Gasteiger partial charge in [-0.2, -0.15) is 0 Å². The van der Waals surface area contributed by atoms with Crippen LogP contribution in [-0.4, -0.2) is 19.1 Å². The molecule has 0 atom stereocenters. The van der Waals surface area contributed by atoms with E-state index in [0.717, 1.165) is 23.2 Å². The predicted octanol–water partition coefficient (Wildman–Crippen LogP) is 2.86. The van der Waals surface area contributed by atoms with Crippen molar-refractivity contribution >= 4 is 21.6 Å². The summed E-state index contributed by atoms with van der Waals surface area (Å²) in [5, 5.41) is 6.70. The third-order valence-electron chi connectivity index (χ3n) is 1.83. The molecule has 0 unspecified atom stereocenters. The van der Waals surface area contributed by atoms with Crippen molar-refractivity contribution < 1.29 is 0 Å². The van der Waals surface area contributed by atoms with Crippen LogP contribution in [0.25, 0.3) is 0 Å². The van der Waals surface area contributed by atoms with Gasteiger partial charge in [-0.15, -0.1) is 0 Å². The first-order chi connectivity index (χ1) is 6.68. The van der Waals surface area contributed by atoms with Crippen LogP contribution < -0.4 is 10.6 Å². The lowest BCUT2D eigenvalue weighted by Crippen LogP contribution is -2.28. The van der Waals surface area contributed by atoms with Gasteiger partial charge in [0.05, 0.1) is 0 Å². The van der Waals surface area contributed by atoms with Gasteiger partial charge < -0.3 is 10.6 Å². The minimum absolute atomic E-state index is 0.555. The second kappa shape index (κ2) is 6.04. The summed E-state index contributed by atoms with van der Waals surface area (Å²) >= 11 is 3.44. The second-order valence-corrected chi connectivity index (χ2v) is 4.46. The molecule has 0 aliphatic heterocycles. The van der Waals surface area contributed by atoms with E-state index < -0.39 is 0 Å². The maximum absolute atomic E-state index is 3.44. The Kier molecular flexibility index (Phi) is 4.98.